The van der Waals surface area contributed by atoms with E-state index in [1.54, 1.807) is 182 Å². The Kier molecular flexibility index (Phi) is 53.7. The number of carbonyl (C=O) groups is 12. The highest BCUT2D eigenvalue weighted by Gasteiger charge is 2.16. The van der Waals surface area contributed by atoms with Crippen LogP contribution < -0.4 is 39.1 Å². The van der Waals surface area contributed by atoms with E-state index in [-0.39, 0.29) is 38.0 Å². The molecule has 6 aromatic carbocycles. The monoisotopic (exact) mass is 1350 g/mol. The fourth-order valence-electron chi connectivity index (χ4n) is 5.48. The van der Waals surface area contributed by atoms with E-state index >= 15 is 0 Å². The number of nitrogens with zero attached hydrogens (tertiary/aromatic N) is 4. The van der Waals surface area contributed by atoms with Gasteiger partial charge in [0.15, 0.2) is 0 Å². The number of aliphatic carboxylic acids is 4. The molecule has 0 atom stereocenters. The van der Waals surface area contributed by atoms with Gasteiger partial charge in [0, 0.05) is 28.2 Å². The SMILES string of the molecule is CN(CC(=O)O)CC(=O)O.CN(CC(=O)O)CC(=O)O.CN=C=O.CN=C=O.CNC(=O)CO.CNC(=O)CO.O=C(CC(=O)Oc1ccccc1)Oc1ccccc1.O=C(CC(=O)Oc1ccccc1)Oc1ccccc1.O=C(CC(=O)Oc1ccccc1)Oc1ccccc1. The van der Waals surface area contributed by atoms with E-state index in [0.29, 0.717) is 34.5 Å². The van der Waals surface area contributed by atoms with E-state index in [4.69, 9.17) is 68.6 Å². The smallest absolute Gasteiger partial charge is 0.322 e. The number of isocyanates is 2. The van der Waals surface area contributed by atoms with Crippen LogP contribution in [0.15, 0.2) is 192 Å². The molecule has 0 aromatic heterocycles. The van der Waals surface area contributed by atoms with Crippen LogP contribution in [0.3, 0.4) is 0 Å². The third kappa shape index (κ3) is 58.4. The average Bonchev–Trinajstić information content (AvgIpc) is 1.60. The Morgan fingerprint density at radius 1 is 0.340 bits per heavy atom. The molecule has 0 saturated carbocycles. The van der Waals surface area contributed by atoms with Crippen LogP contribution in [-0.2, 0) is 67.1 Å². The summed E-state index contributed by atoms with van der Waals surface area (Å²) in [4.78, 5) is 154. The quantitative estimate of drug-likeness (QED) is 0.0159. The molecule has 0 saturated heterocycles. The molecule has 6 aromatic rings. The van der Waals surface area contributed by atoms with Crippen LogP contribution in [0.4, 0.5) is 0 Å². The van der Waals surface area contributed by atoms with Crippen molar-refractivity contribution < 1.29 is 126 Å². The minimum atomic E-state index is -1.02. The summed E-state index contributed by atoms with van der Waals surface area (Å²) in [5.41, 5.74) is 0. The second-order valence-electron chi connectivity index (χ2n) is 17.5. The van der Waals surface area contributed by atoms with Crippen LogP contribution in [-0.4, -0.2) is 206 Å². The molecule has 0 aliphatic heterocycles. The first-order valence-electron chi connectivity index (χ1n) is 27.5. The molecule has 0 aliphatic carbocycles. The van der Waals surface area contributed by atoms with Gasteiger partial charge in [-0.3, -0.25) is 67.3 Å². The van der Waals surface area contributed by atoms with Crippen molar-refractivity contribution in [2.45, 2.75) is 19.3 Å². The van der Waals surface area contributed by atoms with Crippen LogP contribution in [0.5, 0.6) is 34.5 Å². The molecular weight excluding hydrogens is 1280 g/mol. The van der Waals surface area contributed by atoms with Gasteiger partial charge in [-0.05, 0) is 86.9 Å². The van der Waals surface area contributed by atoms with Gasteiger partial charge >= 0.3 is 59.7 Å². The van der Waals surface area contributed by atoms with Crippen molar-refractivity contribution in [1.82, 2.24) is 20.4 Å². The minimum Gasteiger partial charge on any atom is -0.480 e. The number of hydrogen-bond donors (Lipinski definition) is 8. The highest BCUT2D eigenvalue weighted by Crippen LogP contribution is 2.15. The number of hydrogen-bond acceptors (Lipinski definition) is 26. The first-order valence-corrected chi connectivity index (χ1v) is 27.5. The highest BCUT2D eigenvalue weighted by molar-refractivity contribution is 5.94. The molecule has 0 spiro atoms. The Morgan fingerprint density at radius 3 is 0.577 bits per heavy atom. The van der Waals surface area contributed by atoms with E-state index in [9.17, 15) is 57.5 Å². The van der Waals surface area contributed by atoms with Crippen LogP contribution in [0.25, 0.3) is 0 Å². The summed E-state index contributed by atoms with van der Waals surface area (Å²) < 4.78 is 29.9. The van der Waals surface area contributed by atoms with Gasteiger partial charge in [0.2, 0.25) is 24.0 Å². The number of carboxylic acids is 4. The van der Waals surface area contributed by atoms with E-state index in [0.717, 1.165) is 0 Å². The highest BCUT2D eigenvalue weighted by atomic mass is 16.6. The maximum absolute atomic E-state index is 11.5. The molecule has 0 bridgehead atoms. The van der Waals surface area contributed by atoms with Crippen LogP contribution in [0.1, 0.15) is 19.3 Å². The molecule has 0 aliphatic rings. The summed E-state index contributed by atoms with van der Waals surface area (Å²) in [7, 11) is 8.57. The summed E-state index contributed by atoms with van der Waals surface area (Å²) >= 11 is 0. The largest absolute Gasteiger partial charge is 0.480 e. The zero-order chi connectivity index (χ0) is 73.6. The molecule has 97 heavy (non-hydrogen) atoms. The number of nitrogens with one attached hydrogen (secondary N) is 2. The Morgan fingerprint density at radius 2 is 0.485 bits per heavy atom. The van der Waals surface area contributed by atoms with E-state index in [2.05, 4.69) is 20.6 Å². The lowest BCUT2D eigenvalue weighted by atomic mass is 10.3. The van der Waals surface area contributed by atoms with E-state index in [1.807, 2.05) is 0 Å². The van der Waals surface area contributed by atoms with Gasteiger partial charge in [0.25, 0.3) is 0 Å². The number of para-hydroxylation sites is 6. The molecule has 8 N–H and O–H groups in total. The summed E-state index contributed by atoms with van der Waals surface area (Å²) in [5.74, 6) is -6.26. The zero-order valence-electron chi connectivity index (χ0n) is 53.3. The zero-order valence-corrected chi connectivity index (χ0v) is 53.3. The second kappa shape index (κ2) is 58.6. The number of likely N-dealkylation sites (N-methyl/N-ethyl adjacent to an activating group) is 4. The van der Waals surface area contributed by atoms with Gasteiger partial charge in [-0.25, -0.2) is 19.6 Å². The number of esters is 6. The topological polar surface area (TPSA) is 471 Å². The van der Waals surface area contributed by atoms with Gasteiger partial charge in [-0.2, -0.15) is 0 Å². The molecule has 0 unspecified atom stereocenters. The Bertz CT molecular complexity index is 2850. The standard InChI is InChI=1S/3C15H12O4.2C5H9NO4.2C3H7NO2.2C2H3NO/c3*16-14(18-12-7-3-1-4-8-12)11-15(17)19-13-9-5-2-6-10-13;2*1-6(2-4(7)8)3-5(9)10;2*1-4-3(6)2-5;2*1-3-2-4/h3*1-10H,11H2;2*2-3H2,1H3,(H,7,8)(H,9,10);2*5H,2H2,1H3,(H,4,6);2*1H3. The lowest BCUT2D eigenvalue weighted by molar-refractivity contribution is -0.146. The van der Waals surface area contributed by atoms with E-state index in [1.165, 1.54) is 64.2 Å². The van der Waals surface area contributed by atoms with Gasteiger partial charge < -0.3 is 69.7 Å². The lowest BCUT2D eigenvalue weighted by Crippen LogP contribution is -2.30. The van der Waals surface area contributed by atoms with Crippen LogP contribution in [0.2, 0.25) is 0 Å². The van der Waals surface area contributed by atoms with Crippen molar-refractivity contribution in [1.29, 1.82) is 0 Å². The van der Waals surface area contributed by atoms with Gasteiger partial charge in [-0.15, -0.1) is 0 Å². The van der Waals surface area contributed by atoms with Crippen LogP contribution >= 0.6 is 0 Å². The molecule has 0 heterocycles. The fourth-order valence-corrected chi connectivity index (χ4v) is 5.48. The Balaban J connectivity index is -0.00000108. The first kappa shape index (κ1) is 88.8. The number of rotatable bonds is 22. The minimum absolute atomic E-state index is 0.244. The number of aliphatic hydroxyl groups is 2. The van der Waals surface area contributed by atoms with Crippen molar-refractivity contribution in [3.8, 4) is 34.5 Å². The summed E-state index contributed by atoms with van der Waals surface area (Å²) in [6, 6.07) is 51.4. The van der Waals surface area contributed by atoms with Crippen molar-refractivity contribution in [2.24, 2.45) is 9.98 Å². The first-order chi connectivity index (χ1) is 46.2. The Hall–Kier alpha value is -12.4. The van der Waals surface area contributed by atoms with Gasteiger partial charge in [0.1, 0.15) is 67.0 Å². The number of carboxylic acid groups (broad SMARTS) is 4. The van der Waals surface area contributed by atoms with Crippen LogP contribution in [0, 0.1) is 0 Å². The number of carbonyl (C=O) groups excluding carboxylic acids is 10. The lowest BCUT2D eigenvalue weighted by Gasteiger charge is -2.08. The molecule has 0 radical (unpaired) electrons. The molecule has 2 amide bonds. The molecule has 32 heteroatoms. The number of aliphatic hydroxyl groups excluding tert-OH is 2. The third-order valence-corrected chi connectivity index (χ3v) is 9.36. The van der Waals surface area contributed by atoms with Crippen molar-refractivity contribution >= 4 is 83.7 Å². The number of ether oxygens (including phenoxy) is 6. The summed E-state index contributed by atoms with van der Waals surface area (Å²) in [6.45, 7) is -1.82. The van der Waals surface area contributed by atoms with Crippen molar-refractivity contribution in [3.63, 3.8) is 0 Å². The second-order valence-corrected chi connectivity index (χ2v) is 17.5. The maximum atomic E-state index is 11.5. The summed E-state index contributed by atoms with van der Waals surface area (Å²) in [5, 5.41) is 52.9. The number of benzene rings is 6. The fraction of sp³-hybridized carbons (Fsp3) is 0.231. The molecule has 0 fully saturated rings. The number of aliphatic imine (C=N–C) groups is 2. The molecule has 32 nitrogen and oxygen atoms in total. The van der Waals surface area contributed by atoms with E-state index < -0.39 is 92.2 Å². The normalized spacial score (nSPS) is 9.01. The van der Waals surface area contributed by atoms with Gasteiger partial charge in [0.05, 0.1) is 26.2 Å². The van der Waals surface area contributed by atoms with Crippen molar-refractivity contribution in [3.05, 3.63) is 182 Å². The predicted molar refractivity (Wildman–Crippen MR) is 342 cm³/mol. The summed E-state index contributed by atoms with van der Waals surface area (Å²) in [6.07, 6.45) is 1.33. The average molecular weight is 1360 g/mol. The number of amides is 2. The third-order valence-electron chi connectivity index (χ3n) is 9.36. The predicted octanol–water partition coefficient (Wildman–Crippen LogP) is 3.29. The van der Waals surface area contributed by atoms with Gasteiger partial charge in [-0.1, -0.05) is 109 Å². The van der Waals surface area contributed by atoms with Crippen molar-refractivity contribution in [2.75, 3.05) is 81.7 Å². The molecular formula is C65H74N6O26. The molecule has 6 rings (SSSR count). The Labute approximate surface area is 555 Å². The molecule has 520 valence electrons. The maximum Gasteiger partial charge on any atom is 0.322 e.